The zero-order valence-corrected chi connectivity index (χ0v) is 16.8. The van der Waals surface area contributed by atoms with Crippen molar-refractivity contribution >= 4 is 29.2 Å². The van der Waals surface area contributed by atoms with Crippen LogP contribution in [0.15, 0.2) is 40.7 Å². The predicted octanol–water partition coefficient (Wildman–Crippen LogP) is 3.61. The Kier molecular flexibility index (Phi) is 6.80. The number of non-ortho nitro benzene ring substituents is 1. The number of nitrogens with one attached hydrogen (secondary N) is 1. The van der Waals surface area contributed by atoms with Gasteiger partial charge in [-0.3, -0.25) is 10.1 Å². The minimum Gasteiger partial charge on any atom is -0.463 e. The number of carbonyl (C=O) groups excluding carboxylic acids is 2. The summed E-state index contributed by atoms with van der Waals surface area (Å²) in [7, 11) is 0. The largest absolute Gasteiger partial charge is 0.463 e. The highest BCUT2D eigenvalue weighted by Gasteiger charge is 2.39. The van der Waals surface area contributed by atoms with Crippen LogP contribution >= 0.6 is 11.6 Å². The number of hydrogen-bond acceptors (Lipinski definition) is 7. The van der Waals surface area contributed by atoms with Crippen molar-refractivity contribution in [2.45, 2.75) is 33.6 Å². The lowest BCUT2D eigenvalue weighted by molar-refractivity contribution is -0.384. The summed E-state index contributed by atoms with van der Waals surface area (Å²) in [6.07, 6.45) is 0. The normalized spacial score (nSPS) is 14.6. The second-order valence-corrected chi connectivity index (χ2v) is 6.45. The molecule has 0 spiro atoms. The van der Waals surface area contributed by atoms with Crippen molar-refractivity contribution < 1.29 is 24.0 Å². The summed E-state index contributed by atoms with van der Waals surface area (Å²) < 4.78 is 10.3. The van der Waals surface area contributed by atoms with E-state index in [9.17, 15) is 19.7 Å². The number of nitro benzene ring substituents is 1. The van der Waals surface area contributed by atoms with E-state index < -0.39 is 22.8 Å². The topological polar surface area (TPSA) is 108 Å². The lowest BCUT2D eigenvalue weighted by Gasteiger charge is -2.30. The monoisotopic (exact) mass is 408 g/mol. The number of dihydropyridines is 1. The molecule has 0 aliphatic carbocycles. The summed E-state index contributed by atoms with van der Waals surface area (Å²) in [5, 5.41) is 14.1. The molecule has 0 atom stereocenters. The molecule has 0 radical (unpaired) electrons. The molecule has 2 rings (SSSR count). The highest BCUT2D eigenvalue weighted by Crippen LogP contribution is 2.42. The number of nitro groups is 1. The van der Waals surface area contributed by atoms with Gasteiger partial charge in [0.05, 0.1) is 40.2 Å². The molecule has 1 aliphatic rings. The Morgan fingerprint density at radius 3 is 2.00 bits per heavy atom. The fourth-order valence-corrected chi connectivity index (χ4v) is 3.41. The lowest BCUT2D eigenvalue weighted by atomic mass is 9.80. The molecule has 9 heteroatoms. The minimum atomic E-state index is -0.882. The zero-order chi connectivity index (χ0) is 21.0. The summed E-state index contributed by atoms with van der Waals surface area (Å²) >= 11 is 6.32. The van der Waals surface area contributed by atoms with Crippen LogP contribution in [0.3, 0.4) is 0 Å². The minimum absolute atomic E-state index is 0.0605. The number of carbonyl (C=O) groups is 2. The molecular weight excluding hydrogens is 388 g/mol. The number of halogens is 1. The molecule has 1 heterocycles. The van der Waals surface area contributed by atoms with Crippen LogP contribution in [0, 0.1) is 10.1 Å². The Labute approximate surface area is 167 Å². The standard InChI is InChI=1S/C19H21ClN2O6/c1-5-27-18(23)15-10(3)21-11(4)16(19(24)28-6-2)17(15)13-8-7-12(22(25)26)9-14(13)20/h7-9,17,21H,5-6H2,1-4H3. The van der Waals surface area contributed by atoms with Gasteiger partial charge in [0.2, 0.25) is 0 Å². The van der Waals surface area contributed by atoms with Gasteiger partial charge < -0.3 is 14.8 Å². The van der Waals surface area contributed by atoms with E-state index in [1.807, 2.05) is 0 Å². The molecule has 1 aromatic rings. The van der Waals surface area contributed by atoms with Crippen LogP contribution in [0.2, 0.25) is 5.02 Å². The number of hydrogen-bond donors (Lipinski definition) is 1. The molecule has 8 nitrogen and oxygen atoms in total. The average Bonchev–Trinajstić information content (AvgIpc) is 2.61. The molecule has 1 N–H and O–H groups in total. The van der Waals surface area contributed by atoms with Crippen LogP contribution in [0.1, 0.15) is 39.2 Å². The molecule has 28 heavy (non-hydrogen) atoms. The first-order valence-electron chi connectivity index (χ1n) is 8.69. The van der Waals surface area contributed by atoms with Gasteiger partial charge in [0.15, 0.2) is 0 Å². The summed E-state index contributed by atoms with van der Waals surface area (Å²) in [6.45, 7) is 7.01. The Bertz CT molecular complexity index is 850. The third kappa shape index (κ3) is 4.17. The first kappa shape index (κ1) is 21.4. The molecule has 1 aliphatic heterocycles. The van der Waals surface area contributed by atoms with Crippen molar-refractivity contribution in [3.8, 4) is 0 Å². The van der Waals surface area contributed by atoms with Gasteiger partial charge in [0, 0.05) is 23.5 Å². The number of benzene rings is 1. The van der Waals surface area contributed by atoms with E-state index in [1.54, 1.807) is 27.7 Å². The number of allylic oxidation sites excluding steroid dienone is 2. The summed E-state index contributed by atoms with van der Waals surface area (Å²) in [5.41, 5.74) is 1.59. The van der Waals surface area contributed by atoms with Crippen LogP contribution < -0.4 is 5.32 Å². The fraction of sp³-hybridized carbons (Fsp3) is 0.368. The maximum Gasteiger partial charge on any atom is 0.336 e. The molecule has 1 aromatic carbocycles. The molecule has 0 unspecified atom stereocenters. The number of rotatable bonds is 6. The van der Waals surface area contributed by atoms with Gasteiger partial charge in [-0.1, -0.05) is 11.6 Å². The molecule has 150 valence electrons. The number of nitrogens with zero attached hydrogens (tertiary/aromatic N) is 1. The van der Waals surface area contributed by atoms with E-state index in [1.165, 1.54) is 18.2 Å². The second-order valence-electron chi connectivity index (χ2n) is 6.04. The van der Waals surface area contributed by atoms with E-state index in [4.69, 9.17) is 21.1 Å². The first-order chi connectivity index (χ1) is 13.2. The Morgan fingerprint density at radius 2 is 1.61 bits per heavy atom. The smallest absolute Gasteiger partial charge is 0.336 e. The van der Waals surface area contributed by atoms with Crippen LogP contribution in [0.25, 0.3) is 0 Å². The van der Waals surface area contributed by atoms with Gasteiger partial charge in [-0.15, -0.1) is 0 Å². The van der Waals surface area contributed by atoms with Crippen molar-refractivity contribution in [2.24, 2.45) is 0 Å². The molecule has 0 amide bonds. The van der Waals surface area contributed by atoms with Gasteiger partial charge in [-0.2, -0.15) is 0 Å². The molecule has 0 saturated carbocycles. The molecule has 0 saturated heterocycles. The van der Waals surface area contributed by atoms with E-state index >= 15 is 0 Å². The van der Waals surface area contributed by atoms with E-state index in [0.717, 1.165) is 0 Å². The number of esters is 2. The van der Waals surface area contributed by atoms with Gasteiger partial charge in [-0.05, 0) is 39.3 Å². The van der Waals surface area contributed by atoms with Gasteiger partial charge in [-0.25, -0.2) is 9.59 Å². The molecular formula is C19H21ClN2O6. The quantitative estimate of drug-likeness (QED) is 0.435. The zero-order valence-electron chi connectivity index (χ0n) is 16.0. The van der Waals surface area contributed by atoms with Crippen molar-refractivity contribution in [2.75, 3.05) is 13.2 Å². The van der Waals surface area contributed by atoms with Gasteiger partial charge in [0.1, 0.15) is 0 Å². The second kappa shape index (κ2) is 8.88. The van der Waals surface area contributed by atoms with Gasteiger partial charge in [0.25, 0.3) is 5.69 Å². The Balaban J connectivity index is 2.71. The Hall–Kier alpha value is -2.87. The SMILES string of the molecule is CCOC(=O)C1=C(C)NC(C)=C(C(=O)OCC)C1c1ccc([N+](=O)[O-])cc1Cl. The first-order valence-corrected chi connectivity index (χ1v) is 9.07. The third-order valence-corrected chi connectivity index (χ3v) is 4.58. The van der Waals surface area contributed by atoms with Gasteiger partial charge >= 0.3 is 11.9 Å². The van der Waals surface area contributed by atoms with Crippen LogP contribution in [-0.2, 0) is 19.1 Å². The highest BCUT2D eigenvalue weighted by molar-refractivity contribution is 6.31. The van der Waals surface area contributed by atoms with E-state index in [2.05, 4.69) is 5.32 Å². The van der Waals surface area contributed by atoms with Crippen molar-refractivity contribution in [3.63, 3.8) is 0 Å². The summed E-state index contributed by atoms with van der Waals surface area (Å²) in [4.78, 5) is 35.8. The van der Waals surface area contributed by atoms with Crippen LogP contribution in [0.4, 0.5) is 5.69 Å². The number of ether oxygens (including phenoxy) is 2. The van der Waals surface area contributed by atoms with E-state index in [-0.39, 0.29) is 35.1 Å². The van der Waals surface area contributed by atoms with E-state index in [0.29, 0.717) is 17.0 Å². The average molecular weight is 409 g/mol. The predicted molar refractivity (Wildman–Crippen MR) is 103 cm³/mol. The molecule has 0 aromatic heterocycles. The summed E-state index contributed by atoms with van der Waals surface area (Å²) in [5.74, 6) is -2.10. The Morgan fingerprint density at radius 1 is 1.11 bits per heavy atom. The lowest BCUT2D eigenvalue weighted by Crippen LogP contribution is -2.32. The van der Waals surface area contributed by atoms with Crippen molar-refractivity contribution in [1.82, 2.24) is 5.32 Å². The summed E-state index contributed by atoms with van der Waals surface area (Å²) in [6, 6.07) is 3.91. The van der Waals surface area contributed by atoms with Crippen molar-refractivity contribution in [1.29, 1.82) is 0 Å². The van der Waals surface area contributed by atoms with Crippen LogP contribution in [-0.4, -0.2) is 30.1 Å². The molecule has 0 bridgehead atoms. The molecule has 0 fully saturated rings. The maximum atomic E-state index is 12.7. The maximum absolute atomic E-state index is 12.7. The fourth-order valence-electron chi connectivity index (χ4n) is 3.13. The van der Waals surface area contributed by atoms with Crippen molar-refractivity contribution in [3.05, 3.63) is 61.4 Å². The van der Waals surface area contributed by atoms with Crippen LogP contribution in [0.5, 0.6) is 0 Å². The highest BCUT2D eigenvalue weighted by atomic mass is 35.5. The third-order valence-electron chi connectivity index (χ3n) is 4.26.